The molecule has 0 saturated carbocycles. The first-order chi connectivity index (χ1) is 11.0. The van der Waals surface area contributed by atoms with Crippen LogP contribution in [-0.4, -0.2) is 34.0 Å². The van der Waals surface area contributed by atoms with Crippen LogP contribution >= 0.6 is 0 Å². The Morgan fingerprint density at radius 1 is 1.09 bits per heavy atom. The van der Waals surface area contributed by atoms with Gasteiger partial charge in [0, 0.05) is 7.05 Å². The molecule has 0 saturated heterocycles. The fraction of sp³-hybridized carbons (Fsp3) is 0.188. The number of rotatable bonds is 4. The van der Waals surface area contributed by atoms with E-state index in [9.17, 15) is 13.2 Å². The minimum atomic E-state index is -3.68. The van der Waals surface area contributed by atoms with Gasteiger partial charge in [-0.2, -0.15) is 0 Å². The molecule has 1 N–H and O–H groups in total. The van der Waals surface area contributed by atoms with Gasteiger partial charge in [0.1, 0.15) is 5.75 Å². The lowest BCUT2D eigenvalue weighted by molar-refractivity contribution is -0.125. The summed E-state index contributed by atoms with van der Waals surface area (Å²) in [5, 5.41) is 0. The van der Waals surface area contributed by atoms with Gasteiger partial charge < -0.3 is 9.64 Å². The maximum atomic E-state index is 12.3. The van der Waals surface area contributed by atoms with E-state index in [1.165, 1.54) is 17.0 Å². The number of nitrogens with zero attached hydrogens (tertiary/aromatic N) is 1. The molecule has 1 atom stereocenters. The second-order valence-corrected chi connectivity index (χ2v) is 6.90. The van der Waals surface area contributed by atoms with Crippen LogP contribution in [0.3, 0.4) is 0 Å². The molecule has 0 fully saturated rings. The highest BCUT2D eigenvalue weighted by Crippen LogP contribution is 2.32. The lowest BCUT2D eigenvalue weighted by Crippen LogP contribution is -2.49. The number of likely N-dealkylation sites (N-methyl/N-ethyl adjacent to an activating group) is 1. The molecule has 3 rings (SSSR count). The van der Waals surface area contributed by atoms with Gasteiger partial charge in [0.2, 0.25) is 10.0 Å². The van der Waals surface area contributed by atoms with Crippen LogP contribution in [0, 0.1) is 0 Å². The molecule has 2 aromatic rings. The van der Waals surface area contributed by atoms with E-state index in [0.717, 1.165) is 0 Å². The fourth-order valence-electron chi connectivity index (χ4n) is 2.37. The molecule has 2 aromatic carbocycles. The van der Waals surface area contributed by atoms with E-state index in [1.807, 2.05) is 6.07 Å². The number of anilines is 1. The summed E-state index contributed by atoms with van der Waals surface area (Å²) < 4.78 is 32.5. The Balaban J connectivity index is 1.76. The molecule has 0 aromatic heterocycles. The molecule has 0 aliphatic carbocycles. The van der Waals surface area contributed by atoms with E-state index in [2.05, 4.69) is 4.72 Å². The third-order valence-electron chi connectivity index (χ3n) is 3.61. The number of fused-ring (bicyclic) bond motifs is 1. The largest absolute Gasteiger partial charge is 0.477 e. The molecule has 0 bridgehead atoms. The van der Waals surface area contributed by atoms with Crippen molar-refractivity contribution in [3.63, 3.8) is 0 Å². The van der Waals surface area contributed by atoms with Crippen molar-refractivity contribution < 1.29 is 17.9 Å². The van der Waals surface area contributed by atoms with E-state index in [0.29, 0.717) is 11.4 Å². The number of sulfonamides is 1. The van der Waals surface area contributed by atoms with Crippen molar-refractivity contribution in [2.24, 2.45) is 0 Å². The van der Waals surface area contributed by atoms with Crippen molar-refractivity contribution in [3.8, 4) is 5.75 Å². The van der Waals surface area contributed by atoms with E-state index in [1.54, 1.807) is 43.4 Å². The Morgan fingerprint density at radius 2 is 1.74 bits per heavy atom. The summed E-state index contributed by atoms with van der Waals surface area (Å²) in [5.41, 5.74) is 0.666. The van der Waals surface area contributed by atoms with Crippen LogP contribution in [0.4, 0.5) is 5.69 Å². The molecule has 6 nitrogen and oxygen atoms in total. The predicted molar refractivity (Wildman–Crippen MR) is 85.9 cm³/mol. The zero-order valence-electron chi connectivity index (χ0n) is 12.5. The fourth-order valence-corrected chi connectivity index (χ4v) is 3.42. The zero-order chi connectivity index (χ0) is 16.4. The molecule has 1 aliphatic heterocycles. The van der Waals surface area contributed by atoms with Gasteiger partial charge in [0.25, 0.3) is 5.91 Å². The summed E-state index contributed by atoms with van der Waals surface area (Å²) in [5.74, 6) is 0.262. The van der Waals surface area contributed by atoms with Crippen molar-refractivity contribution in [3.05, 3.63) is 54.6 Å². The van der Waals surface area contributed by atoms with Crippen molar-refractivity contribution in [2.45, 2.75) is 11.0 Å². The third kappa shape index (κ3) is 3.06. The van der Waals surface area contributed by atoms with Gasteiger partial charge in [-0.25, -0.2) is 13.1 Å². The van der Waals surface area contributed by atoms with Gasteiger partial charge in [-0.3, -0.25) is 4.79 Å². The summed E-state index contributed by atoms with van der Waals surface area (Å²) in [6.07, 6.45) is -0.895. The van der Waals surface area contributed by atoms with Crippen molar-refractivity contribution in [1.82, 2.24) is 4.72 Å². The molecule has 1 unspecified atom stereocenters. The summed E-state index contributed by atoms with van der Waals surface area (Å²) in [6.45, 7) is -0.130. The predicted octanol–water partition coefficient (Wildman–Crippen LogP) is 1.39. The van der Waals surface area contributed by atoms with E-state index < -0.39 is 16.1 Å². The Kier molecular flexibility index (Phi) is 4.06. The first-order valence-corrected chi connectivity index (χ1v) is 8.55. The standard InChI is InChI=1S/C16H16N2O4S/c1-18-13-9-5-6-10-14(13)22-15(16(18)19)11-17-23(20,21)12-7-3-2-4-8-12/h2-10,15,17H,11H2,1H3. The maximum Gasteiger partial charge on any atom is 0.269 e. The quantitative estimate of drug-likeness (QED) is 0.918. The number of carbonyl (C=O) groups excluding carboxylic acids is 1. The van der Waals surface area contributed by atoms with Crippen LogP contribution in [0.25, 0.3) is 0 Å². The van der Waals surface area contributed by atoms with Gasteiger partial charge >= 0.3 is 0 Å². The number of hydrogen-bond acceptors (Lipinski definition) is 4. The van der Waals surface area contributed by atoms with Gasteiger partial charge in [-0.05, 0) is 24.3 Å². The molecule has 23 heavy (non-hydrogen) atoms. The number of hydrogen-bond donors (Lipinski definition) is 1. The number of para-hydroxylation sites is 2. The zero-order valence-corrected chi connectivity index (χ0v) is 13.3. The van der Waals surface area contributed by atoms with E-state index in [4.69, 9.17) is 4.74 Å². The minimum absolute atomic E-state index is 0.130. The summed E-state index contributed by atoms with van der Waals surface area (Å²) in [4.78, 5) is 13.9. The van der Waals surface area contributed by atoms with Crippen molar-refractivity contribution in [1.29, 1.82) is 0 Å². The molecule has 1 aliphatic rings. The normalized spacial score (nSPS) is 17.5. The molecule has 1 heterocycles. The average Bonchev–Trinajstić information content (AvgIpc) is 2.58. The molecule has 0 spiro atoms. The molecule has 7 heteroatoms. The second kappa shape index (κ2) is 6.02. The number of benzene rings is 2. The van der Waals surface area contributed by atoms with E-state index in [-0.39, 0.29) is 17.3 Å². The monoisotopic (exact) mass is 332 g/mol. The number of carbonyl (C=O) groups is 1. The van der Waals surface area contributed by atoms with Crippen LogP contribution in [0.2, 0.25) is 0 Å². The van der Waals surface area contributed by atoms with Crippen LogP contribution in [0.5, 0.6) is 5.75 Å². The Labute approximate surface area is 134 Å². The number of ether oxygens (including phenoxy) is 1. The van der Waals surface area contributed by atoms with Gasteiger partial charge in [-0.1, -0.05) is 30.3 Å². The Morgan fingerprint density at radius 3 is 2.48 bits per heavy atom. The van der Waals surface area contributed by atoms with Gasteiger partial charge in [0.15, 0.2) is 6.10 Å². The molecule has 1 amide bonds. The first-order valence-electron chi connectivity index (χ1n) is 7.07. The highest BCUT2D eigenvalue weighted by Gasteiger charge is 2.32. The molecular formula is C16H16N2O4S. The topological polar surface area (TPSA) is 75.7 Å². The van der Waals surface area contributed by atoms with Crippen molar-refractivity contribution in [2.75, 3.05) is 18.5 Å². The maximum absolute atomic E-state index is 12.3. The highest BCUT2D eigenvalue weighted by molar-refractivity contribution is 7.89. The second-order valence-electron chi connectivity index (χ2n) is 5.14. The first kappa shape index (κ1) is 15.5. The Bertz CT molecular complexity index is 821. The van der Waals surface area contributed by atoms with E-state index >= 15 is 0 Å². The highest BCUT2D eigenvalue weighted by atomic mass is 32.2. The SMILES string of the molecule is CN1C(=O)C(CNS(=O)(=O)c2ccccc2)Oc2ccccc21. The lowest BCUT2D eigenvalue weighted by atomic mass is 10.2. The summed E-state index contributed by atoms with van der Waals surface area (Å²) in [7, 11) is -2.04. The van der Waals surface area contributed by atoms with Crippen LogP contribution in [-0.2, 0) is 14.8 Å². The smallest absolute Gasteiger partial charge is 0.269 e. The van der Waals surface area contributed by atoms with Crippen LogP contribution < -0.4 is 14.4 Å². The minimum Gasteiger partial charge on any atom is -0.477 e. The van der Waals surface area contributed by atoms with Gasteiger partial charge in [0.05, 0.1) is 17.1 Å². The summed E-state index contributed by atoms with van der Waals surface area (Å²) in [6, 6.07) is 15.1. The van der Waals surface area contributed by atoms with Crippen molar-refractivity contribution >= 4 is 21.6 Å². The Hall–Kier alpha value is -2.38. The number of amides is 1. The van der Waals surface area contributed by atoms with Crippen LogP contribution in [0.1, 0.15) is 0 Å². The third-order valence-corrected chi connectivity index (χ3v) is 5.05. The lowest BCUT2D eigenvalue weighted by Gasteiger charge is -2.31. The summed E-state index contributed by atoms with van der Waals surface area (Å²) >= 11 is 0. The molecular weight excluding hydrogens is 316 g/mol. The average molecular weight is 332 g/mol. The molecule has 0 radical (unpaired) electrons. The molecule has 120 valence electrons. The van der Waals surface area contributed by atoms with Crippen LogP contribution in [0.15, 0.2) is 59.5 Å². The van der Waals surface area contributed by atoms with Gasteiger partial charge in [-0.15, -0.1) is 0 Å². The number of nitrogens with one attached hydrogen (secondary N) is 1.